The minimum atomic E-state index is -0.362. The SMILES string of the molecule is COc1cc(/C=C(\C#N)C(=O)c2c[nH]c3ccccc23)ccc1OCC#N. The van der Waals surface area contributed by atoms with Gasteiger partial charge in [0, 0.05) is 22.7 Å². The lowest BCUT2D eigenvalue weighted by Gasteiger charge is -2.09. The summed E-state index contributed by atoms with van der Waals surface area (Å²) in [5.74, 6) is 0.465. The number of hydrogen-bond donors (Lipinski definition) is 1. The van der Waals surface area contributed by atoms with E-state index in [1.54, 1.807) is 24.4 Å². The highest BCUT2D eigenvalue weighted by Gasteiger charge is 2.17. The Morgan fingerprint density at radius 2 is 2.00 bits per heavy atom. The number of H-pyrrole nitrogens is 1. The van der Waals surface area contributed by atoms with E-state index < -0.39 is 0 Å². The van der Waals surface area contributed by atoms with Gasteiger partial charge in [-0.1, -0.05) is 24.3 Å². The molecule has 27 heavy (non-hydrogen) atoms. The second kappa shape index (κ2) is 7.90. The van der Waals surface area contributed by atoms with Crippen LogP contribution in [-0.4, -0.2) is 24.5 Å². The molecule has 0 aliphatic rings. The summed E-state index contributed by atoms with van der Waals surface area (Å²) in [5, 5.41) is 18.9. The number of Topliss-reactive ketones (excluding diaryl/α,β-unsaturated/α-hetero) is 1. The molecule has 2 aromatic carbocycles. The summed E-state index contributed by atoms with van der Waals surface area (Å²) in [6.07, 6.45) is 3.11. The van der Waals surface area contributed by atoms with Crippen molar-refractivity contribution in [3.05, 3.63) is 65.4 Å². The molecule has 0 atom stereocenters. The number of nitrogens with zero attached hydrogens (tertiary/aromatic N) is 2. The van der Waals surface area contributed by atoms with E-state index in [9.17, 15) is 10.1 Å². The summed E-state index contributed by atoms with van der Waals surface area (Å²) in [7, 11) is 1.48. The Morgan fingerprint density at radius 3 is 2.74 bits per heavy atom. The molecule has 3 aromatic rings. The van der Waals surface area contributed by atoms with Gasteiger partial charge in [0.15, 0.2) is 18.1 Å². The van der Waals surface area contributed by atoms with Crippen molar-refractivity contribution in [1.82, 2.24) is 4.98 Å². The van der Waals surface area contributed by atoms with E-state index in [4.69, 9.17) is 14.7 Å². The second-order valence-electron chi connectivity index (χ2n) is 5.60. The van der Waals surface area contributed by atoms with Gasteiger partial charge in [0.2, 0.25) is 5.78 Å². The maximum atomic E-state index is 12.8. The zero-order valence-corrected chi connectivity index (χ0v) is 14.5. The molecule has 0 unspecified atom stereocenters. The van der Waals surface area contributed by atoms with Gasteiger partial charge in [0.25, 0.3) is 0 Å². The van der Waals surface area contributed by atoms with Crippen molar-refractivity contribution >= 4 is 22.8 Å². The molecule has 0 saturated carbocycles. The van der Waals surface area contributed by atoms with Crippen LogP contribution < -0.4 is 9.47 Å². The van der Waals surface area contributed by atoms with Crippen LogP contribution in [0.25, 0.3) is 17.0 Å². The molecule has 6 heteroatoms. The molecule has 3 rings (SSSR count). The first-order valence-corrected chi connectivity index (χ1v) is 8.08. The molecule has 0 amide bonds. The van der Waals surface area contributed by atoms with E-state index in [0.29, 0.717) is 22.6 Å². The number of ketones is 1. The summed E-state index contributed by atoms with van der Waals surface area (Å²) in [6, 6.07) is 16.2. The van der Waals surface area contributed by atoms with Gasteiger partial charge < -0.3 is 14.5 Å². The highest BCUT2D eigenvalue weighted by molar-refractivity contribution is 6.19. The van der Waals surface area contributed by atoms with Crippen molar-refractivity contribution in [2.75, 3.05) is 13.7 Å². The molecule has 132 valence electrons. The largest absolute Gasteiger partial charge is 0.493 e. The number of carbonyl (C=O) groups excluding carboxylic acids is 1. The molecule has 0 spiro atoms. The number of benzene rings is 2. The molecule has 0 fully saturated rings. The molecule has 0 radical (unpaired) electrons. The number of hydrogen-bond acceptors (Lipinski definition) is 5. The zero-order chi connectivity index (χ0) is 19.2. The predicted molar refractivity (Wildman–Crippen MR) is 100 cm³/mol. The van der Waals surface area contributed by atoms with Crippen molar-refractivity contribution in [3.8, 4) is 23.6 Å². The first-order chi connectivity index (χ1) is 13.2. The summed E-state index contributed by atoms with van der Waals surface area (Å²) < 4.78 is 10.5. The molecule has 1 heterocycles. The predicted octanol–water partition coefficient (Wildman–Crippen LogP) is 3.87. The van der Waals surface area contributed by atoms with Gasteiger partial charge in [-0.25, -0.2) is 0 Å². The van der Waals surface area contributed by atoms with Gasteiger partial charge in [0.05, 0.1) is 7.11 Å². The van der Waals surface area contributed by atoms with E-state index in [1.807, 2.05) is 36.4 Å². The lowest BCUT2D eigenvalue weighted by atomic mass is 10.0. The van der Waals surface area contributed by atoms with Gasteiger partial charge in [-0.3, -0.25) is 4.79 Å². The maximum absolute atomic E-state index is 12.8. The van der Waals surface area contributed by atoms with Crippen LogP contribution in [0.1, 0.15) is 15.9 Å². The smallest absolute Gasteiger partial charge is 0.205 e. The average Bonchev–Trinajstić information content (AvgIpc) is 3.14. The molecule has 0 saturated heterocycles. The third-order valence-corrected chi connectivity index (χ3v) is 3.99. The van der Waals surface area contributed by atoms with Crippen LogP contribution in [0.2, 0.25) is 0 Å². The summed E-state index contributed by atoms with van der Waals surface area (Å²) in [4.78, 5) is 15.9. The first-order valence-electron chi connectivity index (χ1n) is 8.08. The molecular weight excluding hydrogens is 342 g/mol. The number of methoxy groups -OCH3 is 1. The number of nitrogens with one attached hydrogen (secondary N) is 1. The standard InChI is InChI=1S/C21H15N3O3/c1-26-20-11-14(6-7-19(20)27-9-8-22)10-15(12-23)21(25)17-13-24-18-5-3-2-4-16(17)18/h2-7,10-11,13,24H,9H2,1H3/b15-10+. The quantitative estimate of drug-likeness (QED) is 0.410. The monoisotopic (exact) mass is 357 g/mol. The number of aromatic amines is 1. The van der Waals surface area contributed by atoms with Crippen LogP contribution in [0.15, 0.2) is 54.2 Å². The fraction of sp³-hybridized carbons (Fsp3) is 0.0952. The Bertz CT molecular complexity index is 1110. The van der Waals surface area contributed by atoms with Gasteiger partial charge in [-0.2, -0.15) is 10.5 Å². The van der Waals surface area contributed by atoms with Crippen molar-refractivity contribution in [1.29, 1.82) is 10.5 Å². The third-order valence-electron chi connectivity index (χ3n) is 3.99. The van der Waals surface area contributed by atoms with Crippen LogP contribution >= 0.6 is 0 Å². The molecule has 0 bridgehead atoms. The highest BCUT2D eigenvalue weighted by Crippen LogP contribution is 2.29. The van der Waals surface area contributed by atoms with Crippen LogP contribution in [0.3, 0.4) is 0 Å². The minimum absolute atomic E-state index is 0.00694. The van der Waals surface area contributed by atoms with E-state index >= 15 is 0 Å². The number of para-hydroxylation sites is 1. The molecular formula is C21H15N3O3. The van der Waals surface area contributed by atoms with Crippen molar-refractivity contribution in [2.45, 2.75) is 0 Å². The minimum Gasteiger partial charge on any atom is -0.493 e. The van der Waals surface area contributed by atoms with Gasteiger partial charge in [-0.05, 0) is 29.8 Å². The lowest BCUT2D eigenvalue weighted by molar-refractivity contribution is 0.104. The number of carbonyl (C=O) groups is 1. The van der Waals surface area contributed by atoms with Crippen molar-refractivity contribution in [2.24, 2.45) is 0 Å². The van der Waals surface area contributed by atoms with Crippen molar-refractivity contribution in [3.63, 3.8) is 0 Å². The number of nitriles is 2. The molecule has 1 aromatic heterocycles. The van der Waals surface area contributed by atoms with Crippen LogP contribution in [-0.2, 0) is 0 Å². The summed E-state index contributed by atoms with van der Waals surface area (Å²) >= 11 is 0. The fourth-order valence-corrected chi connectivity index (χ4v) is 2.72. The number of aromatic nitrogens is 1. The Hall–Kier alpha value is -4.03. The third kappa shape index (κ3) is 3.65. The van der Waals surface area contributed by atoms with E-state index in [2.05, 4.69) is 4.98 Å². The van der Waals surface area contributed by atoms with Gasteiger partial charge in [0.1, 0.15) is 17.7 Å². The van der Waals surface area contributed by atoms with Gasteiger partial charge >= 0.3 is 0 Å². The highest BCUT2D eigenvalue weighted by atomic mass is 16.5. The summed E-state index contributed by atoms with van der Waals surface area (Å²) in [6.45, 7) is -0.103. The topological polar surface area (TPSA) is 98.9 Å². The zero-order valence-electron chi connectivity index (χ0n) is 14.5. The molecule has 1 N–H and O–H groups in total. The molecule has 0 aliphatic heterocycles. The van der Waals surface area contributed by atoms with E-state index in [1.165, 1.54) is 13.2 Å². The lowest BCUT2D eigenvalue weighted by Crippen LogP contribution is -2.01. The molecule has 0 aliphatic carbocycles. The van der Waals surface area contributed by atoms with Crippen LogP contribution in [0.4, 0.5) is 0 Å². The van der Waals surface area contributed by atoms with E-state index in [-0.39, 0.29) is 18.0 Å². The van der Waals surface area contributed by atoms with Gasteiger partial charge in [-0.15, -0.1) is 0 Å². The number of ether oxygens (including phenoxy) is 2. The number of rotatable bonds is 6. The number of allylic oxidation sites excluding steroid dienone is 1. The average molecular weight is 357 g/mol. The normalized spacial score (nSPS) is 10.9. The van der Waals surface area contributed by atoms with Crippen molar-refractivity contribution < 1.29 is 14.3 Å². The fourth-order valence-electron chi connectivity index (χ4n) is 2.72. The summed E-state index contributed by atoms with van der Waals surface area (Å²) in [5.41, 5.74) is 1.89. The Kier molecular flexibility index (Phi) is 5.20. The van der Waals surface area contributed by atoms with E-state index in [0.717, 1.165) is 10.9 Å². The Balaban J connectivity index is 1.96. The van der Waals surface area contributed by atoms with Crippen LogP contribution in [0.5, 0.6) is 11.5 Å². The first kappa shape index (κ1) is 17.8. The Labute approximate surface area is 155 Å². The second-order valence-corrected chi connectivity index (χ2v) is 5.60. The number of fused-ring (bicyclic) bond motifs is 1. The maximum Gasteiger partial charge on any atom is 0.205 e. The Morgan fingerprint density at radius 1 is 1.19 bits per heavy atom. The molecule has 6 nitrogen and oxygen atoms in total. The van der Waals surface area contributed by atoms with Crippen LogP contribution in [0, 0.1) is 22.7 Å².